The molecule has 4 aliphatic carbocycles. The number of carbonyl (C=O) groups excluding carboxylic acids is 1. The molecular weight excluding hydrogens is 432 g/mol. The summed E-state index contributed by atoms with van der Waals surface area (Å²) in [7, 11) is 0. The van der Waals surface area contributed by atoms with Crippen LogP contribution in [0, 0.1) is 46.3 Å². The van der Waals surface area contributed by atoms with Crippen LogP contribution in [0.25, 0.3) is 0 Å². The van der Waals surface area contributed by atoms with Gasteiger partial charge in [0.05, 0.1) is 29.8 Å². The summed E-state index contributed by atoms with van der Waals surface area (Å²) in [5, 5.41) is 53.9. The van der Waals surface area contributed by atoms with E-state index < -0.39 is 41.2 Å². The largest absolute Gasteiger partial charge is 0.396 e. The minimum atomic E-state index is -1.29. The molecule has 12 atom stereocenters. The minimum Gasteiger partial charge on any atom is -0.396 e. The standard InChI is InChI=1S/C28H46O6/c1-15(17(3)14-29)6-7-16(2)18-12-20(31)25-26(18,4)11-9-22-27(5)10-8-19(30)24(33)23(27)21(32)13-28(22,25)34/h16-19,21-25,29-30,32-34H,1,6-14H2,2-5H3/t16-,17-,18-,19+,21+,22-,23+,24+,25-,26-,27-,28+/m1/s1. The van der Waals surface area contributed by atoms with Gasteiger partial charge in [-0.1, -0.05) is 39.8 Å². The highest BCUT2D eigenvalue weighted by Crippen LogP contribution is 2.69. The molecule has 34 heavy (non-hydrogen) atoms. The van der Waals surface area contributed by atoms with E-state index in [-0.39, 0.29) is 47.9 Å². The molecule has 0 bridgehead atoms. The SMILES string of the molecule is C=C(CC[C@@H](C)[C@H]1CC(=O)[C@@H]2[C@]1(C)CC[C@@H]1[C@@]3(C)CC[C@H](O)[C@H](O)[C@@H]3[C@@H](O)C[C@]12O)[C@H](C)CO. The molecule has 194 valence electrons. The molecular formula is C28H46O6. The lowest BCUT2D eigenvalue weighted by Crippen LogP contribution is -2.70. The number of aliphatic hydroxyl groups is 5. The summed E-state index contributed by atoms with van der Waals surface area (Å²) in [5.41, 5.74) is -1.11. The third kappa shape index (κ3) is 3.75. The van der Waals surface area contributed by atoms with Crippen molar-refractivity contribution in [2.45, 2.75) is 103 Å². The first-order valence-corrected chi connectivity index (χ1v) is 13.4. The van der Waals surface area contributed by atoms with Gasteiger partial charge in [-0.15, -0.1) is 0 Å². The molecule has 0 aliphatic heterocycles. The number of carbonyl (C=O) groups is 1. The van der Waals surface area contributed by atoms with E-state index in [9.17, 15) is 30.3 Å². The van der Waals surface area contributed by atoms with Crippen molar-refractivity contribution < 1.29 is 30.3 Å². The van der Waals surface area contributed by atoms with Crippen molar-refractivity contribution in [1.29, 1.82) is 0 Å². The zero-order chi connectivity index (χ0) is 25.2. The third-order valence-electron chi connectivity index (χ3n) is 11.2. The molecule has 4 aliphatic rings. The maximum absolute atomic E-state index is 13.6. The number of Topliss-reactive ketones (excluding diaryl/α,β-unsaturated/α-hetero) is 1. The van der Waals surface area contributed by atoms with Crippen molar-refractivity contribution in [3.8, 4) is 0 Å². The molecule has 0 radical (unpaired) electrons. The lowest BCUT2D eigenvalue weighted by atomic mass is 9.41. The highest BCUT2D eigenvalue weighted by molar-refractivity contribution is 5.86. The molecule has 5 N–H and O–H groups in total. The molecule has 6 heteroatoms. The highest BCUT2D eigenvalue weighted by atomic mass is 16.3. The van der Waals surface area contributed by atoms with E-state index in [0.29, 0.717) is 19.3 Å². The summed E-state index contributed by atoms with van der Waals surface area (Å²) >= 11 is 0. The molecule has 0 heterocycles. The van der Waals surface area contributed by atoms with Crippen LogP contribution in [-0.2, 0) is 4.79 Å². The molecule has 6 nitrogen and oxygen atoms in total. The summed E-state index contributed by atoms with van der Waals surface area (Å²) in [6.07, 6.45) is 2.12. The van der Waals surface area contributed by atoms with Crippen molar-refractivity contribution in [1.82, 2.24) is 0 Å². The van der Waals surface area contributed by atoms with Crippen LogP contribution in [0.1, 0.15) is 79.1 Å². The highest BCUT2D eigenvalue weighted by Gasteiger charge is 2.71. The fourth-order valence-electron chi connectivity index (χ4n) is 9.20. The average molecular weight is 479 g/mol. The van der Waals surface area contributed by atoms with Crippen LogP contribution in [0.4, 0.5) is 0 Å². The first kappa shape index (κ1) is 26.3. The Morgan fingerprint density at radius 3 is 2.38 bits per heavy atom. The van der Waals surface area contributed by atoms with Gasteiger partial charge < -0.3 is 25.5 Å². The van der Waals surface area contributed by atoms with E-state index in [1.165, 1.54) is 0 Å². The third-order valence-corrected chi connectivity index (χ3v) is 11.2. The zero-order valence-corrected chi connectivity index (χ0v) is 21.4. The van der Waals surface area contributed by atoms with Crippen LogP contribution >= 0.6 is 0 Å². The van der Waals surface area contributed by atoms with E-state index in [4.69, 9.17) is 0 Å². The zero-order valence-electron chi connectivity index (χ0n) is 21.4. The molecule has 0 aromatic heterocycles. The van der Waals surface area contributed by atoms with Gasteiger partial charge in [0.2, 0.25) is 0 Å². The van der Waals surface area contributed by atoms with Crippen LogP contribution in [0.3, 0.4) is 0 Å². The second kappa shape index (κ2) is 8.95. The lowest BCUT2D eigenvalue weighted by Gasteiger charge is -2.65. The first-order valence-electron chi connectivity index (χ1n) is 13.4. The van der Waals surface area contributed by atoms with Gasteiger partial charge in [0.1, 0.15) is 5.78 Å². The summed E-state index contributed by atoms with van der Waals surface area (Å²) in [5.74, 6) is -0.562. The minimum absolute atomic E-state index is 0.0682. The molecule has 4 saturated carbocycles. The van der Waals surface area contributed by atoms with Gasteiger partial charge in [-0.05, 0) is 73.0 Å². The predicted molar refractivity (Wildman–Crippen MR) is 130 cm³/mol. The lowest BCUT2D eigenvalue weighted by molar-refractivity contribution is -0.269. The van der Waals surface area contributed by atoms with E-state index in [0.717, 1.165) is 31.3 Å². The number of rotatable bonds is 6. The molecule has 0 aromatic rings. The molecule has 4 fully saturated rings. The average Bonchev–Trinajstić information content (AvgIpc) is 3.05. The summed E-state index contributed by atoms with van der Waals surface area (Å²) in [6.45, 7) is 12.6. The van der Waals surface area contributed by atoms with Crippen molar-refractivity contribution in [3.05, 3.63) is 12.2 Å². The quantitative estimate of drug-likeness (QED) is 0.375. The Hall–Kier alpha value is -0.790. The smallest absolute Gasteiger partial charge is 0.139 e. The molecule has 0 spiro atoms. The van der Waals surface area contributed by atoms with Gasteiger partial charge in [0.25, 0.3) is 0 Å². The van der Waals surface area contributed by atoms with Gasteiger partial charge in [-0.3, -0.25) is 4.79 Å². The number of fused-ring (bicyclic) bond motifs is 5. The van der Waals surface area contributed by atoms with E-state index in [2.05, 4.69) is 20.4 Å². The second-order valence-corrected chi connectivity index (χ2v) is 13.0. The number of ketones is 1. The molecule has 0 amide bonds. The Morgan fingerprint density at radius 1 is 1.09 bits per heavy atom. The van der Waals surface area contributed by atoms with Gasteiger partial charge in [-0.25, -0.2) is 0 Å². The van der Waals surface area contributed by atoms with Crippen LogP contribution < -0.4 is 0 Å². The Morgan fingerprint density at radius 2 is 1.74 bits per heavy atom. The maximum Gasteiger partial charge on any atom is 0.139 e. The van der Waals surface area contributed by atoms with Gasteiger partial charge in [0, 0.05) is 25.4 Å². The fourth-order valence-corrected chi connectivity index (χ4v) is 9.20. The summed E-state index contributed by atoms with van der Waals surface area (Å²) in [4.78, 5) is 13.6. The van der Waals surface area contributed by atoms with Crippen molar-refractivity contribution >= 4 is 5.78 Å². The first-order chi connectivity index (χ1) is 15.8. The molecule has 4 rings (SSSR count). The van der Waals surface area contributed by atoms with Crippen molar-refractivity contribution in [2.24, 2.45) is 46.3 Å². The normalized spacial score (nSPS) is 50.1. The van der Waals surface area contributed by atoms with Gasteiger partial charge in [-0.2, -0.15) is 0 Å². The molecule has 0 aromatic carbocycles. The maximum atomic E-state index is 13.6. The van der Waals surface area contributed by atoms with Crippen LogP contribution in [0.15, 0.2) is 12.2 Å². The van der Waals surface area contributed by atoms with Gasteiger partial charge >= 0.3 is 0 Å². The van der Waals surface area contributed by atoms with Gasteiger partial charge in [0.15, 0.2) is 0 Å². The fraction of sp³-hybridized carbons (Fsp3) is 0.893. The number of hydrogen-bond donors (Lipinski definition) is 5. The summed E-state index contributed by atoms with van der Waals surface area (Å²) < 4.78 is 0. The molecule has 0 unspecified atom stereocenters. The Labute approximate surface area is 204 Å². The van der Waals surface area contributed by atoms with E-state index in [1.54, 1.807) is 0 Å². The number of aliphatic hydroxyl groups excluding tert-OH is 4. The monoisotopic (exact) mass is 478 g/mol. The Balaban J connectivity index is 1.60. The number of hydrogen-bond acceptors (Lipinski definition) is 6. The van der Waals surface area contributed by atoms with E-state index in [1.807, 2.05) is 13.8 Å². The van der Waals surface area contributed by atoms with Crippen LogP contribution in [-0.4, -0.2) is 61.8 Å². The van der Waals surface area contributed by atoms with Crippen LogP contribution in [0.2, 0.25) is 0 Å². The Bertz CT molecular complexity index is 813. The van der Waals surface area contributed by atoms with Crippen molar-refractivity contribution in [3.63, 3.8) is 0 Å². The van der Waals surface area contributed by atoms with Crippen molar-refractivity contribution in [2.75, 3.05) is 6.61 Å². The topological polar surface area (TPSA) is 118 Å². The second-order valence-electron chi connectivity index (χ2n) is 13.0. The predicted octanol–water partition coefficient (Wildman–Crippen LogP) is 2.84. The molecule has 0 saturated heterocycles. The summed E-state index contributed by atoms with van der Waals surface area (Å²) in [6, 6.07) is 0. The Kier molecular flexibility index (Phi) is 6.92. The van der Waals surface area contributed by atoms with Crippen LogP contribution in [0.5, 0.6) is 0 Å². The van der Waals surface area contributed by atoms with E-state index >= 15 is 0 Å².